The Morgan fingerprint density at radius 3 is 2.90 bits per heavy atom. The van der Waals surface area contributed by atoms with E-state index < -0.39 is 0 Å². The van der Waals surface area contributed by atoms with Gasteiger partial charge < -0.3 is 19.5 Å². The van der Waals surface area contributed by atoms with Gasteiger partial charge in [-0.15, -0.1) is 0 Å². The molecule has 0 aliphatic carbocycles. The topological polar surface area (TPSA) is 39.7 Å². The monoisotopic (exact) mass is 349 g/mol. The lowest BCUT2D eigenvalue weighted by Crippen LogP contribution is -2.13. The lowest BCUT2D eigenvalue weighted by molar-refractivity contribution is 0.173. The zero-order valence-electron chi connectivity index (χ0n) is 11.7. The van der Waals surface area contributed by atoms with Crippen LogP contribution in [-0.2, 0) is 13.1 Å². The Kier molecular flexibility index (Phi) is 4.31. The van der Waals surface area contributed by atoms with Crippen LogP contribution in [-0.4, -0.2) is 13.9 Å². The zero-order valence-corrected chi connectivity index (χ0v) is 13.3. The molecule has 0 radical (unpaired) electrons. The van der Waals surface area contributed by atoms with Gasteiger partial charge in [-0.25, -0.2) is 0 Å². The number of para-hydroxylation sites is 1. The van der Waals surface area contributed by atoms with Crippen molar-refractivity contribution in [3.8, 4) is 17.2 Å². The van der Waals surface area contributed by atoms with Gasteiger partial charge in [0.2, 0.25) is 6.79 Å². The first-order valence-electron chi connectivity index (χ1n) is 6.68. The summed E-state index contributed by atoms with van der Waals surface area (Å²) in [5.74, 6) is 2.47. The molecule has 2 aromatic rings. The highest BCUT2D eigenvalue weighted by Gasteiger charge is 2.17. The van der Waals surface area contributed by atoms with Gasteiger partial charge in [0.1, 0.15) is 5.75 Å². The molecule has 0 saturated heterocycles. The van der Waals surface area contributed by atoms with E-state index in [1.54, 1.807) is 7.11 Å². The first-order chi connectivity index (χ1) is 10.3. The summed E-state index contributed by atoms with van der Waals surface area (Å²) in [6.07, 6.45) is 0. The lowest BCUT2D eigenvalue weighted by Gasteiger charge is -2.10. The molecule has 0 saturated carbocycles. The molecule has 2 aromatic carbocycles. The van der Waals surface area contributed by atoms with Crippen molar-refractivity contribution in [3.63, 3.8) is 0 Å². The molecule has 3 rings (SSSR count). The van der Waals surface area contributed by atoms with E-state index in [1.807, 2.05) is 30.3 Å². The average Bonchev–Trinajstić information content (AvgIpc) is 2.97. The molecule has 0 bridgehead atoms. The summed E-state index contributed by atoms with van der Waals surface area (Å²) in [7, 11) is 1.69. The molecule has 110 valence electrons. The predicted molar refractivity (Wildman–Crippen MR) is 83.8 cm³/mol. The Bertz CT molecular complexity index is 645. The van der Waals surface area contributed by atoms with Crippen LogP contribution in [0.25, 0.3) is 0 Å². The molecule has 0 atom stereocenters. The number of halogens is 1. The number of nitrogens with one attached hydrogen (secondary N) is 1. The van der Waals surface area contributed by atoms with Gasteiger partial charge in [0, 0.05) is 18.7 Å². The maximum Gasteiger partial charge on any atom is 0.231 e. The first kappa shape index (κ1) is 14.2. The second-order valence-electron chi connectivity index (χ2n) is 4.73. The van der Waals surface area contributed by atoms with Crippen LogP contribution >= 0.6 is 15.9 Å². The molecule has 0 aromatic heterocycles. The summed E-state index contributed by atoms with van der Waals surface area (Å²) in [6.45, 7) is 1.77. The van der Waals surface area contributed by atoms with Crippen molar-refractivity contribution in [3.05, 3.63) is 52.0 Å². The fraction of sp³-hybridized carbons (Fsp3) is 0.250. The Morgan fingerprint density at radius 2 is 2.05 bits per heavy atom. The van der Waals surface area contributed by atoms with Crippen molar-refractivity contribution in [2.45, 2.75) is 13.1 Å². The zero-order chi connectivity index (χ0) is 14.7. The maximum absolute atomic E-state index is 5.42. The van der Waals surface area contributed by atoms with E-state index in [0.29, 0.717) is 0 Å². The molecular weight excluding hydrogens is 334 g/mol. The van der Waals surface area contributed by atoms with Gasteiger partial charge in [0.05, 0.1) is 11.6 Å². The third-order valence-corrected chi connectivity index (χ3v) is 3.91. The van der Waals surface area contributed by atoms with Crippen molar-refractivity contribution >= 4 is 15.9 Å². The minimum absolute atomic E-state index is 0.284. The van der Waals surface area contributed by atoms with Crippen molar-refractivity contribution < 1.29 is 14.2 Å². The molecule has 1 aliphatic rings. The van der Waals surface area contributed by atoms with Crippen molar-refractivity contribution in [1.29, 1.82) is 0 Å². The van der Waals surface area contributed by atoms with E-state index in [4.69, 9.17) is 14.2 Å². The third-order valence-electron chi connectivity index (χ3n) is 3.32. The van der Waals surface area contributed by atoms with Crippen LogP contribution in [0.3, 0.4) is 0 Å². The second kappa shape index (κ2) is 6.37. The smallest absolute Gasteiger partial charge is 0.231 e. The number of hydrogen-bond donors (Lipinski definition) is 1. The van der Waals surface area contributed by atoms with Crippen LogP contribution in [0, 0.1) is 0 Å². The third kappa shape index (κ3) is 3.14. The van der Waals surface area contributed by atoms with Crippen molar-refractivity contribution in [1.82, 2.24) is 5.32 Å². The summed E-state index contributed by atoms with van der Waals surface area (Å²) in [4.78, 5) is 0. The molecule has 0 spiro atoms. The van der Waals surface area contributed by atoms with E-state index in [2.05, 4.69) is 27.3 Å². The van der Waals surface area contributed by atoms with Gasteiger partial charge in [0.25, 0.3) is 0 Å². The number of benzene rings is 2. The minimum atomic E-state index is 0.284. The Hall–Kier alpha value is -1.72. The fourth-order valence-corrected chi connectivity index (χ4v) is 2.92. The van der Waals surface area contributed by atoms with E-state index >= 15 is 0 Å². The average molecular weight is 350 g/mol. The molecule has 21 heavy (non-hydrogen) atoms. The van der Waals surface area contributed by atoms with Gasteiger partial charge in [-0.2, -0.15) is 0 Å². The Morgan fingerprint density at radius 1 is 1.19 bits per heavy atom. The van der Waals surface area contributed by atoms with Crippen molar-refractivity contribution in [2.24, 2.45) is 0 Å². The Labute approximate surface area is 132 Å². The number of fused-ring (bicyclic) bond motifs is 1. The van der Waals surface area contributed by atoms with Gasteiger partial charge in [-0.3, -0.25) is 0 Å². The molecule has 0 amide bonds. The Balaban J connectivity index is 1.65. The van der Waals surface area contributed by atoms with Gasteiger partial charge >= 0.3 is 0 Å². The molecule has 1 heterocycles. The van der Waals surface area contributed by atoms with E-state index in [0.717, 1.165) is 45.9 Å². The van der Waals surface area contributed by atoms with E-state index in [1.165, 1.54) is 0 Å². The van der Waals surface area contributed by atoms with Crippen LogP contribution in [0.2, 0.25) is 0 Å². The summed E-state index contributed by atoms with van der Waals surface area (Å²) < 4.78 is 17.1. The number of rotatable bonds is 5. The SMILES string of the molecule is COc1ccccc1CNCc1cc(Br)c2c(c1)OCO2. The van der Waals surface area contributed by atoms with Crippen LogP contribution in [0.4, 0.5) is 0 Å². The highest BCUT2D eigenvalue weighted by Crippen LogP contribution is 2.39. The predicted octanol–water partition coefficient (Wildman–Crippen LogP) is 3.48. The standard InChI is InChI=1S/C16H16BrNO3/c1-19-14-5-3-2-4-12(14)9-18-8-11-6-13(17)16-15(7-11)20-10-21-16/h2-7,18H,8-10H2,1H3. The highest BCUT2D eigenvalue weighted by molar-refractivity contribution is 9.10. The van der Waals surface area contributed by atoms with Crippen LogP contribution in [0.15, 0.2) is 40.9 Å². The highest BCUT2D eigenvalue weighted by atomic mass is 79.9. The summed E-state index contributed by atoms with van der Waals surface area (Å²) in [5, 5.41) is 3.41. The quantitative estimate of drug-likeness (QED) is 0.896. The van der Waals surface area contributed by atoms with Gasteiger partial charge in [-0.1, -0.05) is 18.2 Å². The van der Waals surface area contributed by atoms with Crippen molar-refractivity contribution in [2.75, 3.05) is 13.9 Å². The van der Waals surface area contributed by atoms with Crippen LogP contribution < -0.4 is 19.5 Å². The summed E-state index contributed by atoms with van der Waals surface area (Å²) in [5.41, 5.74) is 2.28. The number of methoxy groups -OCH3 is 1. The summed E-state index contributed by atoms with van der Waals surface area (Å²) >= 11 is 3.50. The summed E-state index contributed by atoms with van der Waals surface area (Å²) in [6, 6.07) is 12.1. The molecule has 4 nitrogen and oxygen atoms in total. The van der Waals surface area contributed by atoms with E-state index in [-0.39, 0.29) is 6.79 Å². The number of ether oxygens (including phenoxy) is 3. The molecule has 5 heteroatoms. The van der Waals surface area contributed by atoms with Gasteiger partial charge in [0.15, 0.2) is 11.5 Å². The first-order valence-corrected chi connectivity index (χ1v) is 7.48. The number of hydrogen-bond acceptors (Lipinski definition) is 4. The van der Waals surface area contributed by atoms with Crippen LogP contribution in [0.5, 0.6) is 17.2 Å². The molecule has 0 unspecified atom stereocenters. The maximum atomic E-state index is 5.42. The van der Waals surface area contributed by atoms with E-state index in [9.17, 15) is 0 Å². The second-order valence-corrected chi connectivity index (χ2v) is 5.58. The molecule has 0 fully saturated rings. The molecule has 1 N–H and O–H groups in total. The normalized spacial score (nSPS) is 12.5. The molecular formula is C16H16BrNO3. The minimum Gasteiger partial charge on any atom is -0.496 e. The molecule has 1 aliphatic heterocycles. The lowest BCUT2D eigenvalue weighted by atomic mass is 10.1. The largest absolute Gasteiger partial charge is 0.496 e. The van der Waals surface area contributed by atoms with Gasteiger partial charge in [-0.05, 0) is 39.7 Å². The van der Waals surface area contributed by atoms with Crippen LogP contribution in [0.1, 0.15) is 11.1 Å². The fourth-order valence-electron chi connectivity index (χ4n) is 2.31.